The third kappa shape index (κ3) is 4.17. The summed E-state index contributed by atoms with van der Waals surface area (Å²) in [6, 6.07) is 32.6. The van der Waals surface area contributed by atoms with Crippen LogP contribution in [0.15, 0.2) is 91.0 Å². The lowest BCUT2D eigenvalue weighted by Crippen LogP contribution is -2.50. The Hall–Kier alpha value is -2.69. The van der Waals surface area contributed by atoms with Crippen LogP contribution in [0.3, 0.4) is 0 Å². The molecule has 2 nitrogen and oxygen atoms in total. The average molecular weight is 455 g/mol. The van der Waals surface area contributed by atoms with Crippen LogP contribution in [0.2, 0.25) is 30.0 Å². The third-order valence-electron chi connectivity index (χ3n) is 7.02. The van der Waals surface area contributed by atoms with E-state index in [4.69, 9.17) is 11.6 Å². The van der Waals surface area contributed by atoms with Crippen LogP contribution >= 0.6 is 11.6 Å². The summed E-state index contributed by atoms with van der Waals surface area (Å²) >= 11 is 6.16. The molecule has 1 aliphatic rings. The molecule has 0 radical (unpaired) electrons. The van der Waals surface area contributed by atoms with Gasteiger partial charge in [0.15, 0.2) is 0 Å². The van der Waals surface area contributed by atoms with Gasteiger partial charge in [0.1, 0.15) is 0 Å². The standard InChI is InChI=1S/C27H28BClN2Si/c1-32(2,23-10-4-3-5-11-23)24(18-20-14-16-22(29)17-15-20)19-28-30-25-12-6-8-21-9-7-13-26(31-28)27(21)25/h3-17,24,30-31H,18-19H2,1-2H3. The molecule has 1 heterocycles. The van der Waals surface area contributed by atoms with Gasteiger partial charge in [-0.25, -0.2) is 0 Å². The van der Waals surface area contributed by atoms with Crippen molar-refractivity contribution >= 4 is 54.0 Å². The van der Waals surface area contributed by atoms with Gasteiger partial charge in [0, 0.05) is 21.8 Å². The molecule has 4 aromatic carbocycles. The van der Waals surface area contributed by atoms with E-state index in [0.717, 1.165) is 17.8 Å². The molecule has 5 heteroatoms. The minimum Gasteiger partial charge on any atom is -0.409 e. The SMILES string of the molecule is C[Si](C)(c1ccccc1)C(CB1Nc2cccc3cccc(c23)N1)Cc1ccc(Cl)cc1. The smallest absolute Gasteiger partial charge is 0.370 e. The average Bonchev–Trinajstić information content (AvgIpc) is 2.81. The van der Waals surface area contributed by atoms with E-state index in [1.807, 2.05) is 12.1 Å². The van der Waals surface area contributed by atoms with Crippen molar-refractivity contribution < 1.29 is 0 Å². The second kappa shape index (κ2) is 8.68. The molecule has 32 heavy (non-hydrogen) atoms. The van der Waals surface area contributed by atoms with Gasteiger partial charge in [0.25, 0.3) is 0 Å². The molecule has 2 N–H and O–H groups in total. The second-order valence-corrected chi connectivity index (χ2v) is 14.7. The van der Waals surface area contributed by atoms with E-state index in [9.17, 15) is 0 Å². The summed E-state index contributed by atoms with van der Waals surface area (Å²) in [5, 5.41) is 12.5. The summed E-state index contributed by atoms with van der Waals surface area (Å²) in [6.07, 6.45) is 2.11. The zero-order chi connectivity index (χ0) is 22.1. The highest BCUT2D eigenvalue weighted by Gasteiger charge is 2.37. The molecule has 0 amide bonds. The Labute approximate surface area is 197 Å². The van der Waals surface area contributed by atoms with Gasteiger partial charge in [-0.05, 0) is 53.5 Å². The van der Waals surface area contributed by atoms with Gasteiger partial charge in [0.2, 0.25) is 0 Å². The van der Waals surface area contributed by atoms with Gasteiger partial charge in [-0.3, -0.25) is 0 Å². The normalized spacial score (nSPS) is 14.0. The summed E-state index contributed by atoms with van der Waals surface area (Å²) in [6.45, 7) is 5.23. The highest BCUT2D eigenvalue weighted by Crippen LogP contribution is 2.38. The summed E-state index contributed by atoms with van der Waals surface area (Å²) < 4.78 is 0. The lowest BCUT2D eigenvalue weighted by molar-refractivity contribution is 0.869. The highest BCUT2D eigenvalue weighted by molar-refractivity contribution is 6.92. The van der Waals surface area contributed by atoms with Crippen molar-refractivity contribution in [3.63, 3.8) is 0 Å². The maximum Gasteiger partial charge on any atom is 0.370 e. The highest BCUT2D eigenvalue weighted by atomic mass is 35.5. The number of anilines is 2. The fourth-order valence-electron chi connectivity index (χ4n) is 5.04. The lowest BCUT2D eigenvalue weighted by atomic mass is 9.68. The predicted octanol–water partition coefficient (Wildman–Crippen LogP) is 7.05. The summed E-state index contributed by atoms with van der Waals surface area (Å²) in [7, 11) is -1.76. The molecule has 0 saturated heterocycles. The summed E-state index contributed by atoms with van der Waals surface area (Å²) in [5.41, 5.74) is 4.37. The monoisotopic (exact) mass is 454 g/mol. The van der Waals surface area contributed by atoms with Crippen LogP contribution in [-0.4, -0.2) is 15.1 Å². The third-order valence-corrected chi connectivity index (χ3v) is 11.6. The van der Waals surface area contributed by atoms with E-state index in [1.165, 1.54) is 32.9 Å². The summed E-state index contributed by atoms with van der Waals surface area (Å²) in [5.74, 6) is 0. The number of benzene rings is 4. The minimum absolute atomic E-state index is 0.197. The second-order valence-electron chi connectivity index (χ2n) is 9.40. The van der Waals surface area contributed by atoms with Crippen molar-refractivity contribution in [2.75, 3.05) is 10.5 Å². The first-order valence-corrected chi connectivity index (χ1v) is 14.8. The lowest BCUT2D eigenvalue weighted by Gasteiger charge is -2.36. The Bertz CT molecular complexity index is 1190. The molecule has 0 spiro atoms. The van der Waals surface area contributed by atoms with E-state index in [1.54, 1.807) is 0 Å². The predicted molar refractivity (Wildman–Crippen MR) is 144 cm³/mol. The quantitative estimate of drug-likeness (QED) is 0.305. The first kappa shape index (κ1) is 21.2. The fourth-order valence-corrected chi connectivity index (χ4v) is 8.26. The van der Waals surface area contributed by atoms with Gasteiger partial charge < -0.3 is 10.5 Å². The van der Waals surface area contributed by atoms with Crippen molar-refractivity contribution in [2.45, 2.75) is 31.4 Å². The van der Waals surface area contributed by atoms with Gasteiger partial charge in [0.05, 0.1) is 8.07 Å². The number of halogens is 1. The van der Waals surface area contributed by atoms with Crippen molar-refractivity contribution in [2.24, 2.45) is 0 Å². The van der Waals surface area contributed by atoms with Crippen LogP contribution in [0.1, 0.15) is 5.56 Å². The topological polar surface area (TPSA) is 24.1 Å². The number of rotatable bonds is 6. The van der Waals surface area contributed by atoms with Crippen LogP contribution in [0, 0.1) is 0 Å². The number of hydrogen-bond donors (Lipinski definition) is 2. The van der Waals surface area contributed by atoms with Crippen molar-refractivity contribution in [1.82, 2.24) is 0 Å². The molecular weight excluding hydrogens is 427 g/mol. The van der Waals surface area contributed by atoms with E-state index in [-0.39, 0.29) is 6.98 Å². The van der Waals surface area contributed by atoms with Crippen LogP contribution in [0.5, 0.6) is 0 Å². The van der Waals surface area contributed by atoms with Crippen LogP contribution in [-0.2, 0) is 6.42 Å². The van der Waals surface area contributed by atoms with Crippen LogP contribution in [0.25, 0.3) is 10.8 Å². The molecule has 4 aromatic rings. The molecule has 0 fully saturated rings. The fraction of sp³-hybridized carbons (Fsp3) is 0.185. The Morgan fingerprint density at radius 2 is 1.41 bits per heavy atom. The Morgan fingerprint density at radius 3 is 2.03 bits per heavy atom. The molecule has 0 aromatic heterocycles. The first-order valence-electron chi connectivity index (χ1n) is 11.4. The number of hydrogen-bond acceptors (Lipinski definition) is 2. The van der Waals surface area contributed by atoms with E-state index in [0.29, 0.717) is 5.54 Å². The molecule has 1 atom stereocenters. The molecule has 160 valence electrons. The molecule has 0 saturated carbocycles. The van der Waals surface area contributed by atoms with Gasteiger partial charge >= 0.3 is 6.98 Å². The zero-order valence-electron chi connectivity index (χ0n) is 18.6. The largest absolute Gasteiger partial charge is 0.409 e. The Morgan fingerprint density at radius 1 is 0.781 bits per heavy atom. The Balaban J connectivity index is 1.46. The first-order chi connectivity index (χ1) is 15.5. The molecule has 0 bridgehead atoms. The molecule has 0 aliphatic carbocycles. The van der Waals surface area contributed by atoms with Gasteiger partial charge in [-0.1, -0.05) is 96.6 Å². The maximum absolute atomic E-state index is 6.16. The van der Waals surface area contributed by atoms with Crippen molar-refractivity contribution in [3.05, 3.63) is 102 Å². The van der Waals surface area contributed by atoms with E-state index < -0.39 is 8.07 Å². The minimum atomic E-state index is -1.76. The Kier molecular flexibility index (Phi) is 5.75. The molecular formula is C27H28BClN2Si. The molecule has 5 rings (SSSR count). The number of nitrogens with one attached hydrogen (secondary N) is 2. The van der Waals surface area contributed by atoms with Crippen molar-refractivity contribution in [3.8, 4) is 0 Å². The van der Waals surface area contributed by atoms with Crippen molar-refractivity contribution in [1.29, 1.82) is 0 Å². The van der Waals surface area contributed by atoms with Crippen LogP contribution < -0.4 is 15.6 Å². The molecule has 1 unspecified atom stereocenters. The summed E-state index contributed by atoms with van der Waals surface area (Å²) in [4.78, 5) is 0. The van der Waals surface area contributed by atoms with E-state index in [2.05, 4.69) is 102 Å². The van der Waals surface area contributed by atoms with E-state index >= 15 is 0 Å². The van der Waals surface area contributed by atoms with Crippen LogP contribution in [0.4, 0.5) is 11.4 Å². The maximum atomic E-state index is 6.16. The zero-order valence-corrected chi connectivity index (χ0v) is 20.4. The molecule has 1 aliphatic heterocycles. The van der Waals surface area contributed by atoms with Gasteiger partial charge in [-0.2, -0.15) is 0 Å². The van der Waals surface area contributed by atoms with Gasteiger partial charge in [-0.15, -0.1) is 0 Å².